The number of anilines is 1. The van der Waals surface area contributed by atoms with E-state index in [9.17, 15) is 18.0 Å². The molecule has 1 aliphatic heterocycles. The number of fused-ring (bicyclic) bond motifs is 1. The lowest BCUT2D eigenvalue weighted by Crippen LogP contribution is -2.50. The van der Waals surface area contributed by atoms with Crippen LogP contribution in [0.25, 0.3) is 11.0 Å². The van der Waals surface area contributed by atoms with Gasteiger partial charge in [0.2, 0.25) is 0 Å². The van der Waals surface area contributed by atoms with Crippen LogP contribution in [0.5, 0.6) is 0 Å². The molecule has 0 aliphatic carbocycles. The van der Waals surface area contributed by atoms with Crippen LogP contribution < -0.4 is 15.8 Å². The van der Waals surface area contributed by atoms with Crippen molar-refractivity contribution < 1.29 is 23.1 Å². The number of hydrogen-bond donors (Lipinski definition) is 2. The Balaban J connectivity index is 0.000000345. The first-order valence-electron chi connectivity index (χ1n) is 8.24. The summed E-state index contributed by atoms with van der Waals surface area (Å²) < 4.78 is 33.3. The molecule has 0 saturated carbocycles. The van der Waals surface area contributed by atoms with E-state index in [-0.39, 0.29) is 11.6 Å². The topological polar surface area (TPSA) is 111 Å². The zero-order valence-electron chi connectivity index (χ0n) is 15.1. The number of carboxylic acids is 1. The Morgan fingerprint density at radius 3 is 2.61 bits per heavy atom. The van der Waals surface area contributed by atoms with Crippen LogP contribution in [0, 0.1) is 11.3 Å². The molecule has 1 saturated heterocycles. The lowest BCUT2D eigenvalue weighted by Gasteiger charge is -2.36. The fraction of sp³-hybridized carbons (Fsp3) is 0.412. The lowest BCUT2D eigenvalue weighted by atomic mass is 10.1. The maximum absolute atomic E-state index is 12.2. The van der Waals surface area contributed by atoms with Gasteiger partial charge in [0.1, 0.15) is 17.3 Å². The maximum Gasteiger partial charge on any atom is 0.490 e. The van der Waals surface area contributed by atoms with Crippen LogP contribution in [0.3, 0.4) is 0 Å². The molecule has 1 fully saturated rings. The van der Waals surface area contributed by atoms with Crippen molar-refractivity contribution in [1.29, 1.82) is 5.26 Å². The summed E-state index contributed by atoms with van der Waals surface area (Å²) in [6, 6.07) is 7.40. The fourth-order valence-corrected chi connectivity index (χ4v) is 2.79. The molecule has 2 N–H and O–H groups in total. The molecule has 2 aromatic heterocycles. The Morgan fingerprint density at radius 1 is 1.43 bits per heavy atom. The van der Waals surface area contributed by atoms with E-state index in [1.54, 1.807) is 29.8 Å². The normalized spacial score (nSPS) is 16.9. The third kappa shape index (κ3) is 4.58. The van der Waals surface area contributed by atoms with Gasteiger partial charge in [-0.15, -0.1) is 0 Å². The average Bonchev–Trinajstić information content (AvgIpc) is 2.64. The number of halogens is 3. The molecule has 28 heavy (non-hydrogen) atoms. The summed E-state index contributed by atoms with van der Waals surface area (Å²) in [6.45, 7) is 4.68. The van der Waals surface area contributed by atoms with Crippen LogP contribution in [0.15, 0.2) is 23.0 Å². The van der Waals surface area contributed by atoms with Gasteiger partial charge in [-0.3, -0.25) is 4.79 Å². The number of pyridine rings is 2. The first-order chi connectivity index (χ1) is 13.1. The molecule has 0 spiro atoms. The molecule has 2 aromatic rings. The number of alkyl halides is 3. The van der Waals surface area contributed by atoms with Crippen LogP contribution in [-0.2, 0) is 11.8 Å². The van der Waals surface area contributed by atoms with E-state index in [2.05, 4.69) is 28.2 Å². The molecule has 0 aromatic carbocycles. The summed E-state index contributed by atoms with van der Waals surface area (Å²) in [6.07, 6.45) is -5.08. The molecule has 3 rings (SSSR count). The summed E-state index contributed by atoms with van der Waals surface area (Å²) in [4.78, 5) is 27.7. The van der Waals surface area contributed by atoms with Crippen LogP contribution in [-0.4, -0.2) is 52.5 Å². The van der Waals surface area contributed by atoms with E-state index >= 15 is 0 Å². The van der Waals surface area contributed by atoms with Crippen molar-refractivity contribution in [2.24, 2.45) is 7.05 Å². The SMILES string of the molecule is C[C@H]1CNCCN1c1cc(=O)n(C)c2ccc(C#N)nc12.O=C(O)C(F)(F)F. The number of nitrogens with one attached hydrogen (secondary N) is 1. The third-order valence-electron chi connectivity index (χ3n) is 4.24. The lowest BCUT2D eigenvalue weighted by molar-refractivity contribution is -0.192. The van der Waals surface area contributed by atoms with E-state index in [0.29, 0.717) is 11.2 Å². The van der Waals surface area contributed by atoms with Crippen molar-refractivity contribution in [3.63, 3.8) is 0 Å². The molecule has 11 heteroatoms. The van der Waals surface area contributed by atoms with Gasteiger partial charge in [-0.1, -0.05) is 0 Å². The summed E-state index contributed by atoms with van der Waals surface area (Å²) in [7, 11) is 1.73. The molecule has 150 valence electrons. The number of aliphatic carboxylic acids is 1. The number of aryl methyl sites for hydroxylation is 1. The van der Waals surface area contributed by atoms with Crippen LogP contribution in [0.1, 0.15) is 12.6 Å². The molecule has 3 heterocycles. The van der Waals surface area contributed by atoms with Gasteiger partial charge in [-0.25, -0.2) is 9.78 Å². The smallest absolute Gasteiger partial charge is 0.475 e. The fourth-order valence-electron chi connectivity index (χ4n) is 2.79. The zero-order chi connectivity index (χ0) is 21.1. The van der Waals surface area contributed by atoms with Gasteiger partial charge in [0.05, 0.1) is 11.2 Å². The van der Waals surface area contributed by atoms with Crippen molar-refractivity contribution in [1.82, 2.24) is 14.9 Å². The number of hydrogen-bond acceptors (Lipinski definition) is 6. The van der Waals surface area contributed by atoms with Crippen LogP contribution in [0.2, 0.25) is 0 Å². The summed E-state index contributed by atoms with van der Waals surface area (Å²) in [5.41, 5.74) is 2.59. The van der Waals surface area contributed by atoms with E-state index in [1.807, 2.05) is 0 Å². The van der Waals surface area contributed by atoms with Gasteiger partial charge in [0, 0.05) is 38.8 Å². The summed E-state index contributed by atoms with van der Waals surface area (Å²) >= 11 is 0. The molecule has 1 atom stereocenters. The highest BCUT2D eigenvalue weighted by molar-refractivity contribution is 5.88. The minimum absolute atomic E-state index is 0.0604. The Bertz CT molecular complexity index is 981. The molecule has 0 radical (unpaired) electrons. The Hall–Kier alpha value is -3.13. The van der Waals surface area contributed by atoms with Gasteiger partial charge in [0.25, 0.3) is 5.56 Å². The number of nitriles is 1. The highest BCUT2D eigenvalue weighted by Crippen LogP contribution is 2.25. The zero-order valence-corrected chi connectivity index (χ0v) is 15.1. The monoisotopic (exact) mass is 397 g/mol. The second kappa shape index (κ2) is 8.26. The predicted molar refractivity (Wildman–Crippen MR) is 95.1 cm³/mol. The van der Waals surface area contributed by atoms with Gasteiger partial charge in [-0.05, 0) is 19.1 Å². The predicted octanol–water partition coefficient (Wildman–Crippen LogP) is 1.24. The highest BCUT2D eigenvalue weighted by Gasteiger charge is 2.38. The first-order valence-corrected chi connectivity index (χ1v) is 8.24. The third-order valence-corrected chi connectivity index (χ3v) is 4.24. The second-order valence-corrected chi connectivity index (χ2v) is 6.15. The van der Waals surface area contributed by atoms with Gasteiger partial charge >= 0.3 is 12.1 Å². The first kappa shape index (κ1) is 21.2. The maximum atomic E-state index is 12.2. The summed E-state index contributed by atoms with van der Waals surface area (Å²) in [5.74, 6) is -2.76. The van der Waals surface area contributed by atoms with Crippen LogP contribution in [0.4, 0.5) is 18.9 Å². The number of carboxylic acid groups (broad SMARTS) is 1. The molecule has 0 amide bonds. The number of rotatable bonds is 1. The van der Waals surface area contributed by atoms with Gasteiger partial charge in [-0.2, -0.15) is 18.4 Å². The Morgan fingerprint density at radius 2 is 2.07 bits per heavy atom. The quantitative estimate of drug-likeness (QED) is 0.745. The molecular formula is C17H18F3N5O3. The molecule has 0 bridgehead atoms. The molecular weight excluding hydrogens is 379 g/mol. The van der Waals surface area contributed by atoms with Crippen molar-refractivity contribution in [2.75, 3.05) is 24.5 Å². The molecule has 1 aliphatic rings. The van der Waals surface area contributed by atoms with E-state index in [1.165, 1.54) is 0 Å². The van der Waals surface area contributed by atoms with E-state index < -0.39 is 12.1 Å². The van der Waals surface area contributed by atoms with Crippen molar-refractivity contribution in [3.05, 3.63) is 34.2 Å². The minimum atomic E-state index is -5.08. The number of carbonyl (C=O) groups is 1. The number of nitrogens with zero attached hydrogens (tertiary/aromatic N) is 4. The van der Waals surface area contributed by atoms with E-state index in [4.69, 9.17) is 15.2 Å². The Labute approximate surface area is 157 Å². The highest BCUT2D eigenvalue weighted by atomic mass is 19.4. The average molecular weight is 397 g/mol. The van der Waals surface area contributed by atoms with E-state index in [0.717, 1.165) is 30.8 Å². The summed E-state index contributed by atoms with van der Waals surface area (Å²) in [5, 5.41) is 19.5. The second-order valence-electron chi connectivity index (χ2n) is 6.15. The van der Waals surface area contributed by atoms with Crippen molar-refractivity contribution in [3.8, 4) is 6.07 Å². The Kier molecular flexibility index (Phi) is 6.25. The molecule has 8 nitrogen and oxygen atoms in total. The standard InChI is InChI=1S/C15H17N5O.C2HF3O2/c1-10-9-17-5-6-20(10)13-7-14(21)19(2)12-4-3-11(8-16)18-15(12)13;3-2(4,5)1(6)7/h3-4,7,10,17H,5-6,9H2,1-2H3;(H,6,7)/t10-;/m0./s1. The number of aromatic nitrogens is 2. The van der Waals surface area contributed by atoms with Gasteiger partial charge < -0.3 is 19.9 Å². The van der Waals surface area contributed by atoms with Crippen molar-refractivity contribution in [2.45, 2.75) is 19.1 Å². The van der Waals surface area contributed by atoms with Crippen LogP contribution >= 0.6 is 0 Å². The molecule has 0 unspecified atom stereocenters. The number of piperazine rings is 1. The van der Waals surface area contributed by atoms with Crippen molar-refractivity contribution >= 4 is 22.7 Å². The minimum Gasteiger partial charge on any atom is -0.475 e. The van der Waals surface area contributed by atoms with Gasteiger partial charge in [0.15, 0.2) is 0 Å². The largest absolute Gasteiger partial charge is 0.490 e.